The lowest BCUT2D eigenvalue weighted by molar-refractivity contribution is -0.0658. The van der Waals surface area contributed by atoms with Crippen LogP contribution in [0.1, 0.15) is 63.6 Å². The number of hydrogen-bond donors (Lipinski definition) is 1. The summed E-state index contributed by atoms with van der Waals surface area (Å²) in [6, 6.07) is 0. The summed E-state index contributed by atoms with van der Waals surface area (Å²) < 4.78 is 11.4. The number of nitrogens with two attached hydrogens (primary N) is 1. The Balaban J connectivity index is 1.77. The molecule has 21 heavy (non-hydrogen) atoms. The number of ether oxygens (including phenoxy) is 1. The fourth-order valence-electron chi connectivity index (χ4n) is 3.95. The van der Waals surface area contributed by atoms with Gasteiger partial charge in [-0.15, -0.1) is 0 Å². The summed E-state index contributed by atoms with van der Waals surface area (Å²) in [5, 5.41) is 4.24. The predicted octanol–water partition coefficient (Wildman–Crippen LogP) is 2.79. The van der Waals surface area contributed by atoms with Gasteiger partial charge in [-0.25, -0.2) is 0 Å². The molecule has 0 radical (unpaired) electrons. The van der Waals surface area contributed by atoms with E-state index in [1.165, 1.54) is 25.7 Å². The summed E-state index contributed by atoms with van der Waals surface area (Å²) in [6.07, 6.45) is 8.79. The van der Waals surface area contributed by atoms with Crippen molar-refractivity contribution >= 4 is 0 Å². The number of rotatable bonds is 5. The minimum atomic E-state index is -0.352. The van der Waals surface area contributed by atoms with Crippen LogP contribution in [-0.2, 0) is 16.8 Å². The van der Waals surface area contributed by atoms with Crippen LogP contribution in [0, 0.1) is 11.3 Å². The smallest absolute Gasteiger partial charge is 0.227 e. The van der Waals surface area contributed by atoms with E-state index in [2.05, 4.69) is 17.1 Å². The van der Waals surface area contributed by atoms with Crippen LogP contribution in [0.15, 0.2) is 4.52 Å². The second kappa shape index (κ2) is 5.69. The molecule has 2 aliphatic carbocycles. The van der Waals surface area contributed by atoms with Gasteiger partial charge in [-0.3, -0.25) is 0 Å². The molecule has 5 heteroatoms. The molecule has 1 aromatic heterocycles. The highest BCUT2D eigenvalue weighted by molar-refractivity contribution is 5.06. The molecule has 0 aromatic carbocycles. The zero-order valence-electron chi connectivity index (χ0n) is 13.2. The quantitative estimate of drug-likeness (QED) is 0.903. The van der Waals surface area contributed by atoms with Crippen molar-refractivity contribution in [3.05, 3.63) is 11.7 Å². The molecule has 0 saturated heterocycles. The lowest BCUT2D eigenvalue weighted by Crippen LogP contribution is -2.39. The minimum absolute atomic E-state index is 0.198. The van der Waals surface area contributed by atoms with Crippen molar-refractivity contribution in [1.29, 1.82) is 0 Å². The molecule has 1 heterocycles. The van der Waals surface area contributed by atoms with E-state index in [9.17, 15) is 0 Å². The first-order chi connectivity index (χ1) is 10.1. The van der Waals surface area contributed by atoms with E-state index in [-0.39, 0.29) is 11.0 Å². The molecule has 2 unspecified atom stereocenters. The van der Waals surface area contributed by atoms with E-state index in [1.54, 1.807) is 7.11 Å². The number of methoxy groups -OCH3 is 1. The van der Waals surface area contributed by atoms with Gasteiger partial charge in [0.25, 0.3) is 0 Å². The maximum absolute atomic E-state index is 5.92. The van der Waals surface area contributed by atoms with Gasteiger partial charge in [0, 0.05) is 13.5 Å². The van der Waals surface area contributed by atoms with Gasteiger partial charge in [0.15, 0.2) is 0 Å². The average molecular weight is 293 g/mol. The van der Waals surface area contributed by atoms with Crippen LogP contribution < -0.4 is 5.73 Å². The van der Waals surface area contributed by atoms with Crippen molar-refractivity contribution in [3.8, 4) is 0 Å². The van der Waals surface area contributed by atoms with E-state index in [0.29, 0.717) is 12.5 Å². The molecule has 2 saturated carbocycles. The Hall–Kier alpha value is -0.940. The molecule has 5 nitrogen and oxygen atoms in total. The van der Waals surface area contributed by atoms with Gasteiger partial charge in [-0.05, 0) is 50.0 Å². The predicted molar refractivity (Wildman–Crippen MR) is 79.7 cm³/mol. The Bertz CT molecular complexity index is 478. The molecular formula is C16H27N3O2. The number of hydrogen-bond acceptors (Lipinski definition) is 5. The second-order valence-corrected chi connectivity index (χ2v) is 7.15. The first-order valence-electron chi connectivity index (χ1n) is 8.20. The molecular weight excluding hydrogens is 266 g/mol. The topological polar surface area (TPSA) is 74.2 Å². The van der Waals surface area contributed by atoms with Crippen LogP contribution in [-0.4, -0.2) is 23.8 Å². The first-order valence-corrected chi connectivity index (χ1v) is 8.20. The fourth-order valence-corrected chi connectivity index (χ4v) is 3.95. The molecule has 3 rings (SSSR count). The van der Waals surface area contributed by atoms with E-state index in [4.69, 9.17) is 15.0 Å². The van der Waals surface area contributed by atoms with Gasteiger partial charge in [-0.2, -0.15) is 4.98 Å². The third-order valence-electron chi connectivity index (χ3n) is 5.60. The fraction of sp³-hybridized carbons (Fsp3) is 0.875. The molecule has 118 valence electrons. The largest absolute Gasteiger partial charge is 0.370 e. The summed E-state index contributed by atoms with van der Waals surface area (Å²) in [4.78, 5) is 4.67. The molecule has 2 fully saturated rings. The third-order valence-corrected chi connectivity index (χ3v) is 5.60. The summed E-state index contributed by atoms with van der Waals surface area (Å²) in [5.74, 6) is 2.10. The highest BCUT2D eigenvalue weighted by Crippen LogP contribution is 2.44. The normalized spacial score (nSPS) is 31.9. The molecule has 1 aromatic rings. The maximum atomic E-state index is 5.92. The van der Waals surface area contributed by atoms with E-state index in [0.717, 1.165) is 37.4 Å². The van der Waals surface area contributed by atoms with Crippen molar-refractivity contribution in [3.63, 3.8) is 0 Å². The zero-order valence-corrected chi connectivity index (χ0v) is 13.2. The lowest BCUT2D eigenvalue weighted by atomic mass is 9.67. The maximum Gasteiger partial charge on any atom is 0.227 e. The molecule has 0 bridgehead atoms. The van der Waals surface area contributed by atoms with Crippen molar-refractivity contribution in [2.45, 2.75) is 63.9 Å². The molecule has 0 amide bonds. The Labute approximate surface area is 126 Å². The van der Waals surface area contributed by atoms with Gasteiger partial charge in [-0.1, -0.05) is 24.9 Å². The summed E-state index contributed by atoms with van der Waals surface area (Å²) in [7, 11) is 1.77. The van der Waals surface area contributed by atoms with Crippen LogP contribution in [0.3, 0.4) is 0 Å². The van der Waals surface area contributed by atoms with E-state index < -0.39 is 0 Å². The van der Waals surface area contributed by atoms with Crippen LogP contribution >= 0.6 is 0 Å². The minimum Gasteiger partial charge on any atom is -0.370 e. The van der Waals surface area contributed by atoms with Gasteiger partial charge in [0.1, 0.15) is 5.60 Å². The van der Waals surface area contributed by atoms with Crippen molar-refractivity contribution in [1.82, 2.24) is 10.1 Å². The Morgan fingerprint density at radius 2 is 2.14 bits per heavy atom. The van der Waals surface area contributed by atoms with Crippen molar-refractivity contribution in [2.24, 2.45) is 17.1 Å². The molecule has 2 aliphatic rings. The molecule has 0 spiro atoms. The van der Waals surface area contributed by atoms with Gasteiger partial charge >= 0.3 is 0 Å². The Morgan fingerprint density at radius 3 is 2.71 bits per heavy atom. The van der Waals surface area contributed by atoms with Crippen LogP contribution in [0.2, 0.25) is 0 Å². The standard InChI is InChI=1S/C16H27N3O2/c1-12-5-3-8-16(9-12,20-2)14-18-13(21-19-14)10-15(11-17)6-4-7-15/h12H,3-11,17H2,1-2H3. The SMILES string of the molecule is COC1(c2noc(CC3(CN)CCC3)n2)CCCC(C)C1. The lowest BCUT2D eigenvalue weighted by Gasteiger charge is -2.39. The van der Waals surface area contributed by atoms with Crippen molar-refractivity contribution < 1.29 is 9.26 Å². The van der Waals surface area contributed by atoms with Crippen LogP contribution in [0.5, 0.6) is 0 Å². The third kappa shape index (κ3) is 2.73. The zero-order chi connectivity index (χ0) is 14.9. The monoisotopic (exact) mass is 293 g/mol. The Morgan fingerprint density at radius 1 is 1.33 bits per heavy atom. The van der Waals surface area contributed by atoms with E-state index in [1.807, 2.05) is 0 Å². The van der Waals surface area contributed by atoms with Crippen LogP contribution in [0.25, 0.3) is 0 Å². The van der Waals surface area contributed by atoms with Gasteiger partial charge < -0.3 is 15.0 Å². The highest BCUT2D eigenvalue weighted by atomic mass is 16.5. The number of aromatic nitrogens is 2. The summed E-state index contributed by atoms with van der Waals surface area (Å²) in [6.45, 7) is 2.98. The highest BCUT2D eigenvalue weighted by Gasteiger charge is 2.42. The number of nitrogens with zero attached hydrogens (tertiary/aromatic N) is 2. The van der Waals surface area contributed by atoms with E-state index >= 15 is 0 Å². The summed E-state index contributed by atoms with van der Waals surface area (Å²) >= 11 is 0. The molecule has 2 atom stereocenters. The molecule has 0 aliphatic heterocycles. The Kier molecular flexibility index (Phi) is 4.06. The van der Waals surface area contributed by atoms with Gasteiger partial charge in [0.05, 0.1) is 0 Å². The average Bonchev–Trinajstić information content (AvgIpc) is 2.92. The first kappa shape index (κ1) is 15.0. The van der Waals surface area contributed by atoms with Gasteiger partial charge in [0.2, 0.25) is 11.7 Å². The second-order valence-electron chi connectivity index (χ2n) is 7.15. The molecule has 2 N–H and O–H groups in total. The summed E-state index contributed by atoms with van der Waals surface area (Å²) in [5.41, 5.74) is 5.77. The van der Waals surface area contributed by atoms with Crippen LogP contribution in [0.4, 0.5) is 0 Å². The van der Waals surface area contributed by atoms with Crippen molar-refractivity contribution in [2.75, 3.05) is 13.7 Å².